The molecule has 1 aromatic heterocycles. The van der Waals surface area contributed by atoms with Gasteiger partial charge in [0.2, 0.25) is 5.91 Å². The summed E-state index contributed by atoms with van der Waals surface area (Å²) in [6, 6.07) is 8.15. The van der Waals surface area contributed by atoms with Crippen molar-refractivity contribution < 1.29 is 4.79 Å². The molecule has 1 aliphatic heterocycles. The van der Waals surface area contributed by atoms with Crippen molar-refractivity contribution in [3.8, 4) is 0 Å². The molecule has 0 bridgehead atoms. The van der Waals surface area contributed by atoms with Gasteiger partial charge in [0.15, 0.2) is 0 Å². The van der Waals surface area contributed by atoms with Gasteiger partial charge in [0, 0.05) is 31.6 Å². The number of carbonyl (C=O) groups excluding carboxylic acids is 1. The number of amides is 1. The molecule has 1 aliphatic carbocycles. The van der Waals surface area contributed by atoms with Gasteiger partial charge < -0.3 is 10.2 Å². The van der Waals surface area contributed by atoms with Crippen LogP contribution in [0.4, 0.5) is 0 Å². The number of hydrogen-bond acceptors (Lipinski definition) is 4. The number of nitrogens with one attached hydrogen (secondary N) is 1. The highest BCUT2D eigenvalue weighted by atomic mass is 16.1. The lowest BCUT2D eigenvalue weighted by molar-refractivity contribution is -0.120. The molecule has 1 saturated carbocycles. The number of benzene rings is 1. The van der Waals surface area contributed by atoms with Crippen molar-refractivity contribution in [2.45, 2.75) is 31.7 Å². The van der Waals surface area contributed by atoms with Crippen LogP contribution in [0.1, 0.15) is 25.0 Å². The third kappa shape index (κ3) is 3.44. The van der Waals surface area contributed by atoms with Gasteiger partial charge >= 0.3 is 0 Å². The van der Waals surface area contributed by atoms with Gasteiger partial charge in [0.05, 0.1) is 17.5 Å². The molecule has 1 saturated heterocycles. The van der Waals surface area contributed by atoms with E-state index in [-0.39, 0.29) is 17.9 Å². The van der Waals surface area contributed by atoms with Crippen LogP contribution in [-0.2, 0) is 18.3 Å². The van der Waals surface area contributed by atoms with E-state index in [0.29, 0.717) is 17.0 Å². The lowest BCUT2D eigenvalue weighted by Crippen LogP contribution is -2.33. The predicted molar refractivity (Wildman–Crippen MR) is 96.4 cm³/mol. The summed E-state index contributed by atoms with van der Waals surface area (Å²) < 4.78 is 1.31. The third-order valence-electron chi connectivity index (χ3n) is 5.33. The van der Waals surface area contributed by atoms with Crippen LogP contribution in [0.5, 0.6) is 0 Å². The van der Waals surface area contributed by atoms with Crippen molar-refractivity contribution in [2.75, 3.05) is 19.6 Å². The number of nitrogens with zero attached hydrogens (tertiary/aromatic N) is 3. The smallest absolute Gasteiger partial charge is 0.274 e. The minimum atomic E-state index is -0.133. The SMILES string of the molecule is Cn1nc(CC(=O)NCC2CCN(C3CC3)C2)c2ccccc2c1=O. The van der Waals surface area contributed by atoms with E-state index in [1.165, 1.54) is 17.5 Å². The minimum Gasteiger partial charge on any atom is -0.355 e. The zero-order valence-corrected chi connectivity index (χ0v) is 14.6. The van der Waals surface area contributed by atoms with E-state index in [9.17, 15) is 9.59 Å². The third-order valence-corrected chi connectivity index (χ3v) is 5.33. The van der Waals surface area contributed by atoms with Crippen LogP contribution in [0.15, 0.2) is 29.1 Å². The number of hydrogen-bond donors (Lipinski definition) is 1. The van der Waals surface area contributed by atoms with Crippen molar-refractivity contribution >= 4 is 16.7 Å². The standard InChI is InChI=1S/C19H24N4O2/c1-22-19(25)16-5-3-2-4-15(16)17(21-22)10-18(24)20-11-13-8-9-23(12-13)14-6-7-14/h2-5,13-14H,6-12H2,1H3,(H,20,24). The van der Waals surface area contributed by atoms with Crippen molar-refractivity contribution in [2.24, 2.45) is 13.0 Å². The maximum Gasteiger partial charge on any atom is 0.274 e. The van der Waals surface area contributed by atoms with E-state index in [4.69, 9.17) is 0 Å². The highest BCUT2D eigenvalue weighted by Crippen LogP contribution is 2.31. The first-order valence-electron chi connectivity index (χ1n) is 9.07. The van der Waals surface area contributed by atoms with Crippen LogP contribution >= 0.6 is 0 Å². The van der Waals surface area contributed by atoms with Crippen molar-refractivity contribution in [3.05, 3.63) is 40.3 Å². The molecule has 1 aromatic carbocycles. The second-order valence-electron chi connectivity index (χ2n) is 7.28. The number of fused-ring (bicyclic) bond motifs is 1. The van der Waals surface area contributed by atoms with Crippen LogP contribution < -0.4 is 10.9 Å². The molecule has 0 spiro atoms. The number of carbonyl (C=O) groups is 1. The first-order chi connectivity index (χ1) is 12.1. The molecular formula is C19H24N4O2. The summed E-state index contributed by atoms with van der Waals surface area (Å²) in [5, 5.41) is 8.73. The average Bonchev–Trinajstić information content (AvgIpc) is 3.36. The fraction of sp³-hybridized carbons (Fsp3) is 0.526. The molecule has 2 aromatic rings. The Morgan fingerprint density at radius 3 is 2.76 bits per heavy atom. The molecule has 0 radical (unpaired) electrons. The van der Waals surface area contributed by atoms with Crippen LogP contribution in [0.3, 0.4) is 0 Å². The topological polar surface area (TPSA) is 67.2 Å². The molecule has 132 valence electrons. The van der Waals surface area contributed by atoms with E-state index in [1.807, 2.05) is 18.2 Å². The molecule has 1 N–H and O–H groups in total. The molecule has 1 atom stereocenters. The molecule has 2 aliphatic rings. The van der Waals surface area contributed by atoms with E-state index >= 15 is 0 Å². The Labute approximate surface area is 146 Å². The largest absolute Gasteiger partial charge is 0.355 e. The molecule has 1 unspecified atom stereocenters. The maximum absolute atomic E-state index is 12.4. The number of aromatic nitrogens is 2. The normalized spacial score (nSPS) is 20.9. The average molecular weight is 340 g/mol. The van der Waals surface area contributed by atoms with E-state index in [1.54, 1.807) is 13.1 Å². The van der Waals surface area contributed by atoms with Crippen molar-refractivity contribution in [1.82, 2.24) is 20.0 Å². The Kier molecular flexibility index (Phi) is 4.29. The van der Waals surface area contributed by atoms with Crippen molar-refractivity contribution in [1.29, 1.82) is 0 Å². The van der Waals surface area contributed by atoms with Crippen LogP contribution in [0, 0.1) is 5.92 Å². The first-order valence-corrected chi connectivity index (χ1v) is 9.07. The van der Waals surface area contributed by atoms with E-state index in [0.717, 1.165) is 37.5 Å². The highest BCUT2D eigenvalue weighted by Gasteiger charge is 2.34. The highest BCUT2D eigenvalue weighted by molar-refractivity contribution is 5.88. The van der Waals surface area contributed by atoms with Crippen LogP contribution in [0.2, 0.25) is 0 Å². The number of rotatable bonds is 5. The zero-order valence-electron chi connectivity index (χ0n) is 14.6. The van der Waals surface area contributed by atoms with Gasteiger partial charge in [-0.2, -0.15) is 5.10 Å². The molecule has 1 amide bonds. The van der Waals surface area contributed by atoms with E-state index in [2.05, 4.69) is 15.3 Å². The molecule has 2 heterocycles. The van der Waals surface area contributed by atoms with Gasteiger partial charge in [-0.3, -0.25) is 9.59 Å². The minimum absolute atomic E-state index is 0.0267. The fourth-order valence-electron chi connectivity index (χ4n) is 3.78. The van der Waals surface area contributed by atoms with Gasteiger partial charge in [-0.25, -0.2) is 4.68 Å². The van der Waals surface area contributed by atoms with Crippen LogP contribution in [-0.4, -0.2) is 46.3 Å². The lowest BCUT2D eigenvalue weighted by atomic mass is 10.1. The summed E-state index contributed by atoms with van der Waals surface area (Å²) in [5.74, 6) is 0.524. The Morgan fingerprint density at radius 1 is 1.24 bits per heavy atom. The monoisotopic (exact) mass is 340 g/mol. The van der Waals surface area contributed by atoms with Crippen LogP contribution in [0.25, 0.3) is 10.8 Å². The molecule has 6 heteroatoms. The van der Waals surface area contributed by atoms with E-state index < -0.39 is 0 Å². The second-order valence-corrected chi connectivity index (χ2v) is 7.28. The summed E-state index contributed by atoms with van der Waals surface area (Å²) in [6.07, 6.45) is 4.04. The molecule has 2 fully saturated rings. The summed E-state index contributed by atoms with van der Waals surface area (Å²) in [6.45, 7) is 3.00. The van der Waals surface area contributed by atoms with Gasteiger partial charge in [-0.1, -0.05) is 18.2 Å². The molecule has 4 rings (SSSR count). The Bertz CT molecular complexity index is 856. The van der Waals surface area contributed by atoms with Crippen molar-refractivity contribution in [3.63, 3.8) is 0 Å². The zero-order chi connectivity index (χ0) is 17.4. The fourth-order valence-corrected chi connectivity index (χ4v) is 3.78. The Hall–Kier alpha value is -2.21. The molecular weight excluding hydrogens is 316 g/mol. The van der Waals surface area contributed by atoms with Gasteiger partial charge in [-0.05, 0) is 37.8 Å². The first kappa shape index (κ1) is 16.3. The summed E-state index contributed by atoms with van der Waals surface area (Å²) in [4.78, 5) is 27.1. The van der Waals surface area contributed by atoms with Gasteiger partial charge in [0.25, 0.3) is 5.56 Å². The molecule has 25 heavy (non-hydrogen) atoms. The Balaban J connectivity index is 1.40. The second kappa shape index (κ2) is 6.59. The maximum atomic E-state index is 12.4. The molecule has 6 nitrogen and oxygen atoms in total. The number of likely N-dealkylation sites (tertiary alicyclic amines) is 1. The van der Waals surface area contributed by atoms with Gasteiger partial charge in [-0.15, -0.1) is 0 Å². The lowest BCUT2D eigenvalue weighted by Gasteiger charge is -2.15. The summed E-state index contributed by atoms with van der Waals surface area (Å²) in [5.41, 5.74) is 0.520. The Morgan fingerprint density at radius 2 is 2.00 bits per heavy atom. The quantitative estimate of drug-likeness (QED) is 0.884. The van der Waals surface area contributed by atoms with Gasteiger partial charge in [0.1, 0.15) is 0 Å². The number of aryl methyl sites for hydroxylation is 1. The summed E-state index contributed by atoms with van der Waals surface area (Å²) >= 11 is 0. The summed E-state index contributed by atoms with van der Waals surface area (Å²) in [7, 11) is 1.63. The predicted octanol–water partition coefficient (Wildman–Crippen LogP) is 1.08.